The molecule has 2 heteroatoms. The van der Waals surface area contributed by atoms with E-state index in [2.05, 4.69) is 50.1 Å². The van der Waals surface area contributed by atoms with E-state index in [9.17, 15) is 0 Å². The molecule has 2 atom stereocenters. The van der Waals surface area contributed by atoms with E-state index in [1.807, 2.05) is 0 Å². The van der Waals surface area contributed by atoms with Gasteiger partial charge < -0.3 is 5.32 Å². The lowest BCUT2D eigenvalue weighted by atomic mass is 9.92. The van der Waals surface area contributed by atoms with Crippen LogP contribution in [0, 0.1) is 0 Å². The molecule has 1 aliphatic heterocycles. The molecule has 2 unspecified atom stereocenters. The largest absolute Gasteiger partial charge is 0.309 e. The molecule has 1 aliphatic rings. The van der Waals surface area contributed by atoms with Gasteiger partial charge in [0.2, 0.25) is 0 Å². The summed E-state index contributed by atoms with van der Waals surface area (Å²) < 4.78 is 0. The molecule has 0 radical (unpaired) electrons. The Morgan fingerprint density at radius 1 is 1.44 bits per heavy atom. The standard InChI is InChI=1S/C14H28N2/c1-5-8-10-16-12-14(4,7-3)15-11-13(16)9-6-2/h5,8,13,15H,6-7,9-12H2,1-4H3/b8-5+. The van der Waals surface area contributed by atoms with Crippen LogP contribution in [0.4, 0.5) is 0 Å². The van der Waals surface area contributed by atoms with Gasteiger partial charge in [0.1, 0.15) is 0 Å². The summed E-state index contributed by atoms with van der Waals surface area (Å²) in [6.07, 6.45) is 8.24. The Balaban J connectivity index is 2.61. The number of piperazine rings is 1. The maximum absolute atomic E-state index is 3.72. The zero-order chi connectivity index (χ0) is 12.0. The van der Waals surface area contributed by atoms with Crippen LogP contribution in [0.15, 0.2) is 12.2 Å². The van der Waals surface area contributed by atoms with Gasteiger partial charge in [-0.15, -0.1) is 0 Å². The van der Waals surface area contributed by atoms with Gasteiger partial charge in [-0.3, -0.25) is 4.90 Å². The first-order valence-corrected chi connectivity index (χ1v) is 6.75. The molecule has 1 rings (SSSR count). The summed E-state index contributed by atoms with van der Waals surface area (Å²) >= 11 is 0. The summed E-state index contributed by atoms with van der Waals surface area (Å²) in [6.45, 7) is 12.4. The van der Waals surface area contributed by atoms with Crippen molar-refractivity contribution in [3.05, 3.63) is 12.2 Å². The minimum Gasteiger partial charge on any atom is -0.309 e. The van der Waals surface area contributed by atoms with Gasteiger partial charge >= 0.3 is 0 Å². The molecule has 0 aromatic rings. The number of nitrogens with zero attached hydrogens (tertiary/aromatic N) is 1. The molecule has 0 spiro atoms. The fourth-order valence-electron chi connectivity index (χ4n) is 2.44. The van der Waals surface area contributed by atoms with E-state index >= 15 is 0 Å². The van der Waals surface area contributed by atoms with Crippen molar-refractivity contribution in [1.29, 1.82) is 0 Å². The second kappa shape index (κ2) is 6.41. The maximum atomic E-state index is 3.72. The van der Waals surface area contributed by atoms with Crippen molar-refractivity contribution in [3.63, 3.8) is 0 Å². The smallest absolute Gasteiger partial charge is 0.0278 e. The normalized spacial score (nSPS) is 32.4. The Bertz CT molecular complexity index is 225. The highest BCUT2D eigenvalue weighted by Gasteiger charge is 2.33. The van der Waals surface area contributed by atoms with Crippen LogP contribution in [-0.2, 0) is 0 Å². The van der Waals surface area contributed by atoms with E-state index in [4.69, 9.17) is 0 Å². The molecule has 0 aromatic heterocycles. The fourth-order valence-corrected chi connectivity index (χ4v) is 2.44. The molecule has 0 saturated carbocycles. The third-order valence-corrected chi connectivity index (χ3v) is 3.81. The third-order valence-electron chi connectivity index (χ3n) is 3.81. The summed E-state index contributed by atoms with van der Waals surface area (Å²) in [5.74, 6) is 0. The lowest BCUT2D eigenvalue weighted by Gasteiger charge is -2.46. The Kier molecular flexibility index (Phi) is 5.50. The molecule has 94 valence electrons. The predicted molar refractivity (Wildman–Crippen MR) is 71.8 cm³/mol. The highest BCUT2D eigenvalue weighted by Crippen LogP contribution is 2.20. The van der Waals surface area contributed by atoms with Crippen molar-refractivity contribution in [2.24, 2.45) is 0 Å². The van der Waals surface area contributed by atoms with Crippen LogP contribution in [0.1, 0.15) is 47.0 Å². The van der Waals surface area contributed by atoms with E-state index < -0.39 is 0 Å². The number of rotatable bonds is 5. The Labute approximate surface area is 101 Å². The van der Waals surface area contributed by atoms with Gasteiger partial charge in [0.15, 0.2) is 0 Å². The minimum absolute atomic E-state index is 0.311. The minimum atomic E-state index is 0.311. The fraction of sp³-hybridized carbons (Fsp3) is 0.857. The number of nitrogens with one attached hydrogen (secondary N) is 1. The average Bonchev–Trinajstić information content (AvgIpc) is 2.30. The van der Waals surface area contributed by atoms with Crippen molar-refractivity contribution in [3.8, 4) is 0 Å². The molecule has 1 heterocycles. The number of hydrogen-bond acceptors (Lipinski definition) is 2. The molecule has 2 nitrogen and oxygen atoms in total. The van der Waals surface area contributed by atoms with E-state index in [0.717, 1.165) is 19.1 Å². The zero-order valence-corrected chi connectivity index (χ0v) is 11.4. The molecule has 1 fully saturated rings. The third kappa shape index (κ3) is 3.60. The van der Waals surface area contributed by atoms with Gasteiger partial charge in [0, 0.05) is 31.2 Å². The van der Waals surface area contributed by atoms with Gasteiger partial charge in [-0.1, -0.05) is 32.4 Å². The molecule has 0 bridgehead atoms. The van der Waals surface area contributed by atoms with Crippen molar-refractivity contribution < 1.29 is 0 Å². The molecule has 16 heavy (non-hydrogen) atoms. The van der Waals surface area contributed by atoms with E-state index in [1.165, 1.54) is 25.8 Å². The molecule has 1 saturated heterocycles. The topological polar surface area (TPSA) is 15.3 Å². The van der Waals surface area contributed by atoms with E-state index in [1.54, 1.807) is 0 Å². The van der Waals surface area contributed by atoms with Gasteiger partial charge in [-0.05, 0) is 26.7 Å². The number of allylic oxidation sites excluding steroid dienone is 1. The lowest BCUT2D eigenvalue weighted by Crippen LogP contribution is -2.62. The van der Waals surface area contributed by atoms with Crippen molar-refractivity contribution in [2.75, 3.05) is 19.6 Å². The van der Waals surface area contributed by atoms with Crippen molar-refractivity contribution in [2.45, 2.75) is 58.5 Å². The van der Waals surface area contributed by atoms with Gasteiger partial charge in [-0.2, -0.15) is 0 Å². The molecular weight excluding hydrogens is 196 g/mol. The summed E-state index contributed by atoms with van der Waals surface area (Å²) in [5.41, 5.74) is 0.311. The van der Waals surface area contributed by atoms with Gasteiger partial charge in [0.25, 0.3) is 0 Å². The monoisotopic (exact) mass is 224 g/mol. The van der Waals surface area contributed by atoms with Gasteiger partial charge in [0.05, 0.1) is 0 Å². The summed E-state index contributed by atoms with van der Waals surface area (Å²) in [7, 11) is 0. The molecular formula is C14H28N2. The van der Waals surface area contributed by atoms with Crippen LogP contribution >= 0.6 is 0 Å². The maximum Gasteiger partial charge on any atom is 0.0278 e. The predicted octanol–water partition coefficient (Wildman–Crippen LogP) is 2.81. The molecule has 1 N–H and O–H groups in total. The highest BCUT2D eigenvalue weighted by atomic mass is 15.2. The zero-order valence-electron chi connectivity index (χ0n) is 11.4. The Morgan fingerprint density at radius 3 is 2.75 bits per heavy atom. The first-order chi connectivity index (χ1) is 7.65. The molecule has 0 amide bonds. The first kappa shape index (κ1) is 13.7. The summed E-state index contributed by atoms with van der Waals surface area (Å²) in [4.78, 5) is 2.64. The Hall–Kier alpha value is -0.340. The Morgan fingerprint density at radius 2 is 2.19 bits per heavy atom. The molecule has 0 aromatic carbocycles. The first-order valence-electron chi connectivity index (χ1n) is 6.75. The SMILES string of the molecule is C/C=C/CN1CC(C)(CC)NCC1CCC. The van der Waals surface area contributed by atoms with Crippen LogP contribution in [-0.4, -0.2) is 36.1 Å². The molecule has 0 aliphatic carbocycles. The average molecular weight is 224 g/mol. The highest BCUT2D eigenvalue weighted by molar-refractivity contribution is 4.96. The summed E-state index contributed by atoms with van der Waals surface area (Å²) in [6, 6.07) is 0.723. The van der Waals surface area contributed by atoms with Crippen LogP contribution in [0.3, 0.4) is 0 Å². The summed E-state index contributed by atoms with van der Waals surface area (Å²) in [5, 5.41) is 3.72. The van der Waals surface area contributed by atoms with Crippen molar-refractivity contribution >= 4 is 0 Å². The quantitative estimate of drug-likeness (QED) is 0.722. The van der Waals surface area contributed by atoms with Crippen LogP contribution < -0.4 is 5.32 Å². The number of hydrogen-bond donors (Lipinski definition) is 1. The second-order valence-corrected chi connectivity index (χ2v) is 5.24. The lowest BCUT2D eigenvalue weighted by molar-refractivity contribution is 0.0902. The van der Waals surface area contributed by atoms with Crippen LogP contribution in [0.2, 0.25) is 0 Å². The van der Waals surface area contributed by atoms with Crippen molar-refractivity contribution in [1.82, 2.24) is 10.2 Å². The van der Waals surface area contributed by atoms with Crippen LogP contribution in [0.25, 0.3) is 0 Å². The van der Waals surface area contributed by atoms with Gasteiger partial charge in [-0.25, -0.2) is 0 Å². The van der Waals surface area contributed by atoms with Crippen LogP contribution in [0.5, 0.6) is 0 Å². The van der Waals surface area contributed by atoms with E-state index in [0.29, 0.717) is 5.54 Å². The second-order valence-electron chi connectivity index (χ2n) is 5.24. The van der Waals surface area contributed by atoms with E-state index in [-0.39, 0.29) is 0 Å².